The van der Waals surface area contributed by atoms with Crippen LogP contribution < -0.4 is 10.9 Å². The lowest BCUT2D eigenvalue weighted by molar-refractivity contribution is 0.209. The minimum Gasteiger partial charge on any atom is -0.322 e. The number of urea groups is 1. The van der Waals surface area contributed by atoms with Gasteiger partial charge >= 0.3 is 6.03 Å². The highest BCUT2D eigenvalue weighted by atomic mass is 35.5. The van der Waals surface area contributed by atoms with Gasteiger partial charge in [0.15, 0.2) is 0 Å². The zero-order chi connectivity index (χ0) is 22.5. The number of nitrogens with one attached hydrogen (secondary N) is 2. The van der Waals surface area contributed by atoms with Crippen molar-refractivity contribution >= 4 is 34.2 Å². The van der Waals surface area contributed by atoms with Crippen LogP contribution in [0.3, 0.4) is 0 Å². The van der Waals surface area contributed by atoms with Crippen molar-refractivity contribution in [2.24, 2.45) is 0 Å². The first-order chi connectivity index (χ1) is 15.5. The lowest BCUT2D eigenvalue weighted by atomic mass is 10.1. The molecule has 0 unspecified atom stereocenters. The lowest BCUT2D eigenvalue weighted by Crippen LogP contribution is -2.37. The summed E-state index contributed by atoms with van der Waals surface area (Å²) in [6, 6.07) is 24.5. The Morgan fingerprint density at radius 3 is 2.59 bits per heavy atom. The molecule has 0 fully saturated rings. The summed E-state index contributed by atoms with van der Waals surface area (Å²) in [5, 5.41) is 4.37. The highest BCUT2D eigenvalue weighted by molar-refractivity contribution is 6.30. The average molecular weight is 446 g/mol. The molecule has 1 aromatic heterocycles. The van der Waals surface area contributed by atoms with Crippen molar-refractivity contribution in [2.75, 3.05) is 11.9 Å². The molecule has 6 heteroatoms. The van der Waals surface area contributed by atoms with E-state index < -0.39 is 0 Å². The molecule has 2 amide bonds. The first kappa shape index (κ1) is 21.7. The summed E-state index contributed by atoms with van der Waals surface area (Å²) in [6.07, 6.45) is 0.675. The molecule has 0 saturated heterocycles. The van der Waals surface area contributed by atoms with Gasteiger partial charge in [0.25, 0.3) is 5.56 Å². The molecule has 1 heterocycles. The molecule has 0 radical (unpaired) electrons. The van der Waals surface area contributed by atoms with Crippen molar-refractivity contribution in [3.05, 3.63) is 111 Å². The molecule has 2 N–H and O–H groups in total. The second kappa shape index (κ2) is 9.71. The smallest absolute Gasteiger partial charge is 0.322 e. The fourth-order valence-corrected chi connectivity index (χ4v) is 3.80. The second-order valence-corrected chi connectivity index (χ2v) is 8.25. The molecule has 32 heavy (non-hydrogen) atoms. The topological polar surface area (TPSA) is 65.2 Å². The summed E-state index contributed by atoms with van der Waals surface area (Å²) in [7, 11) is 0. The summed E-state index contributed by atoms with van der Waals surface area (Å²) in [5.41, 5.74) is 3.94. The molecule has 5 nitrogen and oxygen atoms in total. The number of amides is 2. The second-order valence-electron chi connectivity index (χ2n) is 7.81. The van der Waals surface area contributed by atoms with E-state index in [4.69, 9.17) is 11.6 Å². The van der Waals surface area contributed by atoms with E-state index in [9.17, 15) is 9.59 Å². The Labute approximate surface area is 191 Å². The Hall–Kier alpha value is -3.57. The first-order valence-corrected chi connectivity index (χ1v) is 10.8. The Bertz CT molecular complexity index is 1300. The molecule has 3 aromatic carbocycles. The van der Waals surface area contributed by atoms with E-state index in [2.05, 4.69) is 10.3 Å². The van der Waals surface area contributed by atoms with Gasteiger partial charge in [-0.1, -0.05) is 60.1 Å². The molecule has 4 rings (SSSR count). The predicted octanol–water partition coefficient (Wildman–Crippen LogP) is 5.77. The molecular formula is C26H24ClN3O2. The first-order valence-electron chi connectivity index (χ1n) is 10.5. The van der Waals surface area contributed by atoms with E-state index in [-0.39, 0.29) is 18.1 Å². The van der Waals surface area contributed by atoms with Gasteiger partial charge in [0.2, 0.25) is 0 Å². The van der Waals surface area contributed by atoms with Crippen molar-refractivity contribution in [2.45, 2.75) is 19.9 Å². The zero-order valence-corrected chi connectivity index (χ0v) is 18.5. The highest BCUT2D eigenvalue weighted by Gasteiger charge is 2.17. The Kier molecular flexibility index (Phi) is 6.57. The number of nitrogens with zero attached hydrogens (tertiary/aromatic N) is 1. The summed E-state index contributed by atoms with van der Waals surface area (Å²) >= 11 is 6.06. The molecule has 162 valence electrons. The van der Waals surface area contributed by atoms with Gasteiger partial charge in [-0.05, 0) is 60.2 Å². The highest BCUT2D eigenvalue weighted by Crippen LogP contribution is 2.17. The van der Waals surface area contributed by atoms with Crippen LogP contribution in [-0.2, 0) is 13.0 Å². The zero-order valence-electron chi connectivity index (χ0n) is 17.8. The van der Waals surface area contributed by atoms with E-state index in [0.717, 1.165) is 22.0 Å². The minimum absolute atomic E-state index is 0.191. The number of aryl methyl sites for hydroxylation is 1. The van der Waals surface area contributed by atoms with Gasteiger partial charge in [0, 0.05) is 28.3 Å². The summed E-state index contributed by atoms with van der Waals surface area (Å²) in [4.78, 5) is 30.5. The van der Waals surface area contributed by atoms with Crippen LogP contribution in [-0.4, -0.2) is 22.5 Å². The lowest BCUT2D eigenvalue weighted by Gasteiger charge is -2.23. The molecule has 0 saturated carbocycles. The number of fused-ring (bicyclic) bond motifs is 1. The SMILES string of the molecule is Cc1ccc2cc(CN(CCc3ccccc3)C(=O)Nc3cccc(Cl)c3)c(=O)[nH]c2c1. The number of rotatable bonds is 6. The standard InChI is InChI=1S/C26H24ClN3O2/c1-18-10-11-20-15-21(25(31)29-24(20)14-18)17-30(13-12-19-6-3-2-4-7-19)26(32)28-23-9-5-8-22(27)16-23/h2-11,14-16H,12-13,17H2,1H3,(H,28,32)(H,29,31). The summed E-state index contributed by atoms with van der Waals surface area (Å²) < 4.78 is 0. The number of hydrogen-bond donors (Lipinski definition) is 2. The Balaban J connectivity index is 1.60. The van der Waals surface area contributed by atoms with Gasteiger partial charge in [-0.2, -0.15) is 0 Å². The van der Waals surface area contributed by atoms with Crippen molar-refractivity contribution in [1.82, 2.24) is 9.88 Å². The van der Waals surface area contributed by atoms with Crippen molar-refractivity contribution in [3.8, 4) is 0 Å². The van der Waals surface area contributed by atoms with Crippen LogP contribution in [0.4, 0.5) is 10.5 Å². The molecule has 0 aliphatic carbocycles. The Morgan fingerprint density at radius 1 is 1.00 bits per heavy atom. The number of carbonyl (C=O) groups is 1. The van der Waals surface area contributed by atoms with Crippen molar-refractivity contribution in [3.63, 3.8) is 0 Å². The van der Waals surface area contributed by atoms with Gasteiger partial charge < -0.3 is 15.2 Å². The third-order valence-electron chi connectivity index (χ3n) is 5.32. The van der Waals surface area contributed by atoms with E-state index in [0.29, 0.717) is 29.2 Å². The number of H-pyrrole nitrogens is 1. The maximum absolute atomic E-state index is 13.1. The number of pyridine rings is 1. The molecule has 0 aliphatic rings. The number of benzene rings is 3. The summed E-state index contributed by atoms with van der Waals surface area (Å²) in [6.45, 7) is 2.64. The fourth-order valence-electron chi connectivity index (χ4n) is 3.61. The van der Waals surface area contributed by atoms with Crippen LogP contribution in [0.15, 0.2) is 83.7 Å². The van der Waals surface area contributed by atoms with Gasteiger partial charge in [-0.15, -0.1) is 0 Å². The number of aromatic nitrogens is 1. The molecule has 0 spiro atoms. The van der Waals surface area contributed by atoms with Gasteiger partial charge in [-0.25, -0.2) is 4.79 Å². The van der Waals surface area contributed by atoms with Gasteiger partial charge in [0.05, 0.1) is 6.54 Å². The third-order valence-corrected chi connectivity index (χ3v) is 5.55. The van der Waals surface area contributed by atoms with Gasteiger partial charge in [-0.3, -0.25) is 4.79 Å². The van der Waals surface area contributed by atoms with Crippen LogP contribution in [0.25, 0.3) is 10.9 Å². The van der Waals surface area contributed by atoms with E-state index in [1.807, 2.05) is 61.5 Å². The number of carbonyl (C=O) groups excluding carboxylic acids is 1. The summed E-state index contributed by atoms with van der Waals surface area (Å²) in [5.74, 6) is 0. The predicted molar refractivity (Wildman–Crippen MR) is 130 cm³/mol. The minimum atomic E-state index is -0.286. The van der Waals surface area contributed by atoms with Crippen LogP contribution in [0.5, 0.6) is 0 Å². The van der Waals surface area contributed by atoms with Crippen LogP contribution in [0.1, 0.15) is 16.7 Å². The van der Waals surface area contributed by atoms with Crippen molar-refractivity contribution < 1.29 is 4.79 Å². The molecule has 4 aromatic rings. The van der Waals surface area contributed by atoms with Gasteiger partial charge in [0.1, 0.15) is 0 Å². The van der Waals surface area contributed by atoms with E-state index in [1.54, 1.807) is 29.2 Å². The fraction of sp³-hybridized carbons (Fsp3) is 0.154. The largest absolute Gasteiger partial charge is 0.322 e. The monoisotopic (exact) mass is 445 g/mol. The van der Waals surface area contributed by atoms with Crippen LogP contribution in [0, 0.1) is 6.92 Å². The molecule has 0 bridgehead atoms. The average Bonchev–Trinajstić information content (AvgIpc) is 2.77. The molecular weight excluding hydrogens is 422 g/mol. The van der Waals surface area contributed by atoms with E-state index in [1.165, 1.54) is 0 Å². The Morgan fingerprint density at radius 2 is 1.81 bits per heavy atom. The molecule has 0 aliphatic heterocycles. The van der Waals surface area contributed by atoms with Crippen LogP contribution >= 0.6 is 11.6 Å². The number of halogens is 1. The maximum Gasteiger partial charge on any atom is 0.322 e. The molecule has 0 atom stereocenters. The number of anilines is 1. The van der Waals surface area contributed by atoms with E-state index >= 15 is 0 Å². The number of hydrogen-bond acceptors (Lipinski definition) is 2. The van der Waals surface area contributed by atoms with Crippen LogP contribution in [0.2, 0.25) is 5.02 Å². The quantitative estimate of drug-likeness (QED) is 0.396. The normalized spacial score (nSPS) is 10.8. The third kappa shape index (κ3) is 5.37. The van der Waals surface area contributed by atoms with Crippen molar-refractivity contribution in [1.29, 1.82) is 0 Å². The maximum atomic E-state index is 13.1. The number of aromatic amines is 1.